The number of hydrogen-bond donors (Lipinski definition) is 1. The van der Waals surface area contributed by atoms with E-state index < -0.39 is 24.1 Å². The lowest BCUT2D eigenvalue weighted by molar-refractivity contribution is -0.148. The summed E-state index contributed by atoms with van der Waals surface area (Å²) in [6.45, 7) is 0.716. The maximum absolute atomic E-state index is 12.3. The van der Waals surface area contributed by atoms with E-state index in [4.69, 9.17) is 23.7 Å². The van der Waals surface area contributed by atoms with Crippen LogP contribution in [0.1, 0.15) is 23.7 Å². The molecule has 7 heteroatoms. The Morgan fingerprint density at radius 1 is 1.07 bits per heavy atom. The zero-order valence-electron chi connectivity index (χ0n) is 16.8. The van der Waals surface area contributed by atoms with Gasteiger partial charge in [-0.2, -0.15) is 0 Å². The highest BCUT2D eigenvalue weighted by Crippen LogP contribution is 2.42. The zero-order valence-corrected chi connectivity index (χ0v) is 16.8. The molecule has 1 aliphatic rings. The molecule has 3 rings (SSSR count). The summed E-state index contributed by atoms with van der Waals surface area (Å²) < 4.78 is 27.0. The Labute approximate surface area is 170 Å². The average molecular weight is 402 g/mol. The van der Waals surface area contributed by atoms with Crippen LogP contribution in [0.4, 0.5) is 0 Å². The molecule has 0 radical (unpaired) electrons. The fourth-order valence-electron chi connectivity index (χ4n) is 3.43. The van der Waals surface area contributed by atoms with Gasteiger partial charge in [0.05, 0.1) is 46.6 Å². The monoisotopic (exact) mass is 402 g/mol. The number of rotatable bonds is 9. The summed E-state index contributed by atoms with van der Waals surface area (Å²) in [5.74, 6) is 0.111. The smallest absolute Gasteiger partial charge is 0.312 e. The van der Waals surface area contributed by atoms with Gasteiger partial charge in [0.15, 0.2) is 11.5 Å². The first-order chi connectivity index (χ1) is 14.1. The van der Waals surface area contributed by atoms with Crippen LogP contribution < -0.4 is 14.2 Å². The van der Waals surface area contributed by atoms with Gasteiger partial charge in [-0.15, -0.1) is 0 Å². The highest BCUT2D eigenvalue weighted by atomic mass is 16.6. The van der Waals surface area contributed by atoms with Crippen LogP contribution in [0, 0.1) is 5.92 Å². The summed E-state index contributed by atoms with van der Waals surface area (Å²) in [6.07, 6.45) is -1.09. The number of carbonyl (C=O) groups is 1. The first-order valence-corrected chi connectivity index (χ1v) is 9.37. The maximum atomic E-state index is 12.3. The number of methoxy groups -OCH3 is 3. The topological polar surface area (TPSA) is 83.5 Å². The normalized spacial score (nSPS) is 19.5. The Kier molecular flexibility index (Phi) is 6.95. The molecule has 2 unspecified atom stereocenters. The summed E-state index contributed by atoms with van der Waals surface area (Å²) >= 11 is 0. The van der Waals surface area contributed by atoms with E-state index in [9.17, 15) is 9.90 Å². The van der Waals surface area contributed by atoms with Crippen molar-refractivity contribution in [2.45, 2.75) is 25.2 Å². The average Bonchev–Trinajstić information content (AvgIpc) is 3.13. The van der Waals surface area contributed by atoms with E-state index >= 15 is 0 Å². The maximum Gasteiger partial charge on any atom is 0.312 e. The molecule has 0 aromatic heterocycles. The van der Waals surface area contributed by atoms with Crippen LogP contribution in [-0.4, -0.2) is 45.1 Å². The minimum atomic E-state index is -1.06. The number of esters is 1. The molecule has 0 amide bonds. The van der Waals surface area contributed by atoms with Gasteiger partial charge >= 0.3 is 5.97 Å². The third-order valence-electron chi connectivity index (χ3n) is 4.93. The van der Waals surface area contributed by atoms with Crippen molar-refractivity contribution in [1.82, 2.24) is 0 Å². The lowest BCUT2D eigenvalue weighted by atomic mass is 9.92. The molecule has 156 valence electrons. The summed E-state index contributed by atoms with van der Waals surface area (Å²) in [5.41, 5.74) is 1.54. The number of benzene rings is 2. The standard InChI is InChI=1S/C22H26O7/c1-25-18-9-15(10-19(26-2)21(18)27-3)20(23)17-11-16(29-22(17)24)13-28-12-14-7-5-4-6-8-14/h4-10,16-17,20,23H,11-13H2,1-3H3/t16-,17?,20?/m0/s1. The number of cyclic esters (lactones) is 1. The van der Waals surface area contributed by atoms with Crippen LogP contribution in [0.15, 0.2) is 42.5 Å². The molecule has 0 saturated carbocycles. The SMILES string of the molecule is COc1cc(C(O)C2C[C@@H](COCc3ccccc3)OC2=O)cc(OC)c1OC. The van der Waals surface area contributed by atoms with E-state index in [2.05, 4.69) is 0 Å². The minimum Gasteiger partial charge on any atom is -0.493 e. The number of ether oxygens (including phenoxy) is 5. The van der Waals surface area contributed by atoms with Gasteiger partial charge in [-0.1, -0.05) is 30.3 Å². The number of aliphatic hydroxyl groups excluding tert-OH is 1. The van der Waals surface area contributed by atoms with Gasteiger partial charge in [-0.3, -0.25) is 4.79 Å². The largest absolute Gasteiger partial charge is 0.493 e. The van der Waals surface area contributed by atoms with Crippen LogP contribution >= 0.6 is 0 Å². The van der Waals surface area contributed by atoms with Crippen molar-refractivity contribution in [1.29, 1.82) is 0 Å². The zero-order chi connectivity index (χ0) is 20.8. The second-order valence-corrected chi connectivity index (χ2v) is 6.81. The fourth-order valence-corrected chi connectivity index (χ4v) is 3.43. The molecular weight excluding hydrogens is 376 g/mol. The summed E-state index contributed by atoms with van der Waals surface area (Å²) in [6, 6.07) is 13.0. The molecule has 3 atom stereocenters. The third kappa shape index (κ3) is 4.81. The molecule has 0 bridgehead atoms. The summed E-state index contributed by atoms with van der Waals surface area (Å²) in [4.78, 5) is 12.3. The van der Waals surface area contributed by atoms with Crippen molar-refractivity contribution >= 4 is 5.97 Å². The Hall–Kier alpha value is -2.77. The Balaban J connectivity index is 1.65. The summed E-state index contributed by atoms with van der Waals surface area (Å²) in [7, 11) is 4.50. The van der Waals surface area contributed by atoms with Crippen molar-refractivity contribution in [3.05, 3.63) is 53.6 Å². The van der Waals surface area contributed by atoms with Gasteiger partial charge in [0.2, 0.25) is 5.75 Å². The quantitative estimate of drug-likeness (QED) is 0.646. The van der Waals surface area contributed by atoms with E-state index in [0.717, 1.165) is 5.56 Å². The number of aliphatic hydroxyl groups is 1. The van der Waals surface area contributed by atoms with E-state index in [1.54, 1.807) is 12.1 Å². The highest BCUT2D eigenvalue weighted by Gasteiger charge is 2.40. The van der Waals surface area contributed by atoms with Gasteiger partial charge in [-0.05, 0) is 23.3 Å². The van der Waals surface area contributed by atoms with E-state index in [1.807, 2.05) is 30.3 Å². The predicted octanol–water partition coefficient (Wildman–Crippen LogP) is 2.89. The van der Waals surface area contributed by atoms with Crippen LogP contribution in [-0.2, 0) is 20.9 Å². The van der Waals surface area contributed by atoms with Crippen molar-refractivity contribution in [2.75, 3.05) is 27.9 Å². The lowest BCUT2D eigenvalue weighted by Crippen LogP contribution is -2.17. The van der Waals surface area contributed by atoms with E-state index in [-0.39, 0.29) is 6.61 Å². The summed E-state index contributed by atoms with van der Waals surface area (Å²) in [5, 5.41) is 10.8. The molecule has 2 aromatic carbocycles. The second-order valence-electron chi connectivity index (χ2n) is 6.81. The molecule has 1 aliphatic heterocycles. The van der Waals surface area contributed by atoms with Gasteiger partial charge in [0.1, 0.15) is 6.10 Å². The predicted molar refractivity (Wildman–Crippen MR) is 105 cm³/mol. The van der Waals surface area contributed by atoms with Crippen LogP contribution in [0.3, 0.4) is 0 Å². The minimum absolute atomic E-state index is 0.277. The molecule has 1 N–H and O–H groups in total. The number of hydrogen-bond acceptors (Lipinski definition) is 7. The van der Waals surface area contributed by atoms with Gasteiger partial charge in [0.25, 0.3) is 0 Å². The van der Waals surface area contributed by atoms with Crippen LogP contribution in [0.2, 0.25) is 0 Å². The molecule has 29 heavy (non-hydrogen) atoms. The Morgan fingerprint density at radius 2 is 1.72 bits per heavy atom. The van der Waals surface area contributed by atoms with Gasteiger partial charge < -0.3 is 28.8 Å². The third-order valence-corrected chi connectivity index (χ3v) is 4.93. The van der Waals surface area contributed by atoms with Crippen molar-refractivity contribution in [2.24, 2.45) is 5.92 Å². The Morgan fingerprint density at radius 3 is 2.31 bits per heavy atom. The molecule has 7 nitrogen and oxygen atoms in total. The van der Waals surface area contributed by atoms with E-state index in [1.165, 1.54) is 21.3 Å². The van der Waals surface area contributed by atoms with E-state index in [0.29, 0.717) is 35.8 Å². The van der Waals surface area contributed by atoms with Crippen molar-refractivity contribution in [3.8, 4) is 17.2 Å². The van der Waals surface area contributed by atoms with Crippen LogP contribution in [0.25, 0.3) is 0 Å². The first-order valence-electron chi connectivity index (χ1n) is 9.37. The molecule has 1 fully saturated rings. The molecule has 0 aliphatic carbocycles. The molecule has 2 aromatic rings. The van der Waals surface area contributed by atoms with Gasteiger partial charge in [0, 0.05) is 6.42 Å². The molecule has 1 saturated heterocycles. The second kappa shape index (κ2) is 9.62. The highest BCUT2D eigenvalue weighted by molar-refractivity contribution is 5.75. The molecule has 0 spiro atoms. The molecular formula is C22H26O7. The van der Waals surface area contributed by atoms with Crippen molar-refractivity contribution in [3.63, 3.8) is 0 Å². The molecule has 1 heterocycles. The van der Waals surface area contributed by atoms with Crippen molar-refractivity contribution < 1.29 is 33.6 Å². The number of carbonyl (C=O) groups excluding carboxylic acids is 1. The Bertz CT molecular complexity index is 796. The van der Waals surface area contributed by atoms with Crippen LogP contribution in [0.5, 0.6) is 17.2 Å². The first kappa shape index (κ1) is 21.0. The fraction of sp³-hybridized carbons (Fsp3) is 0.409. The lowest BCUT2D eigenvalue weighted by Gasteiger charge is -2.19. The van der Waals surface area contributed by atoms with Gasteiger partial charge in [-0.25, -0.2) is 0 Å².